The Balaban J connectivity index is 2.13. The van der Waals surface area contributed by atoms with Crippen LogP contribution in [0, 0.1) is 17.8 Å². The highest BCUT2D eigenvalue weighted by Gasteiger charge is 2.48. The van der Waals surface area contributed by atoms with Crippen molar-refractivity contribution in [3.05, 3.63) is 0 Å². The Bertz CT molecular complexity index is 295. The van der Waals surface area contributed by atoms with E-state index >= 15 is 0 Å². The lowest BCUT2D eigenvalue weighted by atomic mass is 9.70. The third kappa shape index (κ3) is 4.61. The average Bonchev–Trinajstić information content (AvgIpc) is 2.73. The Hall–Kier alpha value is -0.250. The van der Waals surface area contributed by atoms with E-state index in [1.54, 1.807) is 0 Å². The monoisotopic (exact) mass is 305 g/mol. The summed E-state index contributed by atoms with van der Waals surface area (Å²) in [6.45, 7) is 2.80. The lowest BCUT2D eigenvalue weighted by molar-refractivity contribution is -0.201. The minimum atomic E-state index is -4.02. The topological polar surface area (TPSA) is 12.0 Å². The predicted molar refractivity (Wildman–Crippen MR) is 80.2 cm³/mol. The number of nitrogens with one attached hydrogen (secondary N) is 1. The first kappa shape index (κ1) is 17.1. The summed E-state index contributed by atoms with van der Waals surface area (Å²) in [4.78, 5) is 0. The molecule has 1 nitrogen and oxygen atoms in total. The van der Waals surface area contributed by atoms with Crippen molar-refractivity contribution in [3.63, 3.8) is 0 Å². The van der Waals surface area contributed by atoms with E-state index in [0.717, 1.165) is 38.6 Å². The molecule has 1 N–H and O–H groups in total. The summed E-state index contributed by atoms with van der Waals surface area (Å²) in [6, 6.07) is 0.0695. The number of rotatable bonds is 4. The molecule has 4 heteroatoms. The molecule has 0 amide bonds. The molecule has 0 spiro atoms. The molecular weight excluding hydrogens is 275 g/mol. The van der Waals surface area contributed by atoms with Crippen LogP contribution in [-0.4, -0.2) is 18.8 Å². The van der Waals surface area contributed by atoms with Crippen molar-refractivity contribution in [2.24, 2.45) is 17.8 Å². The van der Waals surface area contributed by atoms with E-state index in [4.69, 9.17) is 0 Å². The van der Waals surface area contributed by atoms with Crippen LogP contribution in [0.4, 0.5) is 13.2 Å². The van der Waals surface area contributed by atoms with Gasteiger partial charge in [0.25, 0.3) is 0 Å². The third-order valence-electron chi connectivity index (χ3n) is 5.55. The molecule has 3 unspecified atom stereocenters. The fourth-order valence-corrected chi connectivity index (χ4v) is 4.57. The lowest BCUT2D eigenvalue weighted by Crippen LogP contribution is -2.49. The lowest BCUT2D eigenvalue weighted by Gasteiger charge is -2.42. The number of hydrogen-bond acceptors (Lipinski definition) is 1. The maximum Gasteiger partial charge on any atom is 0.392 e. The first-order valence-electron chi connectivity index (χ1n) is 8.84. The molecule has 0 saturated heterocycles. The second kappa shape index (κ2) is 7.85. The van der Waals surface area contributed by atoms with Crippen LogP contribution in [0.2, 0.25) is 0 Å². The van der Waals surface area contributed by atoms with Crippen LogP contribution in [0.1, 0.15) is 71.1 Å². The van der Waals surface area contributed by atoms with Gasteiger partial charge in [-0.3, -0.25) is 0 Å². The van der Waals surface area contributed by atoms with Crippen LogP contribution >= 0.6 is 0 Å². The minimum absolute atomic E-state index is 0.0695. The molecule has 0 aromatic carbocycles. The summed E-state index contributed by atoms with van der Waals surface area (Å²) in [7, 11) is 0. The van der Waals surface area contributed by atoms with Gasteiger partial charge in [-0.15, -0.1) is 0 Å². The van der Waals surface area contributed by atoms with E-state index in [2.05, 4.69) is 5.32 Å². The average molecular weight is 305 g/mol. The number of alkyl halides is 3. The Labute approximate surface area is 127 Å². The summed E-state index contributed by atoms with van der Waals surface area (Å²) in [5, 5.41) is 3.45. The Morgan fingerprint density at radius 3 is 2.05 bits per heavy atom. The maximum absolute atomic E-state index is 13.4. The Kier molecular flexibility index (Phi) is 6.39. The van der Waals surface area contributed by atoms with Crippen LogP contribution in [0.3, 0.4) is 0 Å². The van der Waals surface area contributed by atoms with E-state index < -0.39 is 12.1 Å². The smallest absolute Gasteiger partial charge is 0.314 e. The van der Waals surface area contributed by atoms with E-state index in [1.807, 2.05) is 6.92 Å². The zero-order valence-electron chi connectivity index (χ0n) is 13.2. The number of halogens is 3. The zero-order valence-corrected chi connectivity index (χ0v) is 13.2. The van der Waals surface area contributed by atoms with Gasteiger partial charge in [-0.2, -0.15) is 13.2 Å². The molecule has 0 aliphatic heterocycles. The molecule has 2 fully saturated rings. The molecule has 0 bridgehead atoms. The van der Waals surface area contributed by atoms with E-state index in [1.165, 1.54) is 25.7 Å². The fourth-order valence-electron chi connectivity index (χ4n) is 4.57. The van der Waals surface area contributed by atoms with Crippen LogP contribution in [0.5, 0.6) is 0 Å². The first-order chi connectivity index (χ1) is 10.0. The van der Waals surface area contributed by atoms with Crippen molar-refractivity contribution in [2.75, 3.05) is 6.54 Å². The van der Waals surface area contributed by atoms with Gasteiger partial charge in [-0.1, -0.05) is 45.4 Å². The van der Waals surface area contributed by atoms with Crippen molar-refractivity contribution in [2.45, 2.75) is 83.4 Å². The highest BCUT2D eigenvalue weighted by molar-refractivity contribution is 4.92. The van der Waals surface area contributed by atoms with Gasteiger partial charge in [0.15, 0.2) is 0 Å². The van der Waals surface area contributed by atoms with Crippen LogP contribution in [-0.2, 0) is 0 Å². The van der Waals surface area contributed by atoms with Crippen molar-refractivity contribution >= 4 is 0 Å². The van der Waals surface area contributed by atoms with Crippen molar-refractivity contribution in [1.29, 1.82) is 0 Å². The molecule has 0 aromatic heterocycles. The molecule has 0 aromatic rings. The van der Waals surface area contributed by atoms with E-state index in [-0.39, 0.29) is 12.0 Å². The summed E-state index contributed by atoms with van der Waals surface area (Å²) in [5.41, 5.74) is 0. The SMILES string of the molecule is CCNC(C1CCCCCC1)C1CCCCC1C(F)(F)F. The summed E-state index contributed by atoms with van der Waals surface area (Å²) in [6.07, 6.45) is 5.87. The molecule has 2 rings (SSSR count). The minimum Gasteiger partial charge on any atom is -0.314 e. The van der Waals surface area contributed by atoms with E-state index in [0.29, 0.717) is 12.3 Å². The van der Waals surface area contributed by atoms with Gasteiger partial charge in [0.05, 0.1) is 5.92 Å². The third-order valence-corrected chi connectivity index (χ3v) is 5.55. The Morgan fingerprint density at radius 1 is 0.905 bits per heavy atom. The quantitative estimate of drug-likeness (QED) is 0.695. The molecule has 21 heavy (non-hydrogen) atoms. The largest absolute Gasteiger partial charge is 0.392 e. The maximum atomic E-state index is 13.4. The normalized spacial score (nSPS) is 30.9. The van der Waals surface area contributed by atoms with Crippen molar-refractivity contribution in [3.8, 4) is 0 Å². The summed E-state index contributed by atoms with van der Waals surface area (Å²) >= 11 is 0. The zero-order chi connectivity index (χ0) is 15.3. The molecule has 3 atom stereocenters. The van der Waals surface area contributed by atoms with E-state index in [9.17, 15) is 13.2 Å². The number of hydrogen-bond donors (Lipinski definition) is 1. The molecule has 124 valence electrons. The van der Waals surface area contributed by atoms with Gasteiger partial charge in [-0.05, 0) is 44.1 Å². The van der Waals surface area contributed by atoms with Crippen LogP contribution < -0.4 is 5.32 Å². The summed E-state index contributed by atoms with van der Waals surface area (Å²) < 4.78 is 40.2. The van der Waals surface area contributed by atoms with Gasteiger partial charge in [0.1, 0.15) is 0 Å². The standard InChI is InChI=1S/C17H30F3N/c1-2-21-16(13-9-5-3-4-6-10-13)14-11-7-8-12-15(14)17(18,19)20/h13-16,21H,2-12H2,1H3. The summed E-state index contributed by atoms with van der Waals surface area (Å²) in [5.74, 6) is -0.847. The van der Waals surface area contributed by atoms with Gasteiger partial charge in [0.2, 0.25) is 0 Å². The highest BCUT2D eigenvalue weighted by atomic mass is 19.4. The van der Waals surface area contributed by atoms with Crippen LogP contribution in [0.15, 0.2) is 0 Å². The second-order valence-corrected chi connectivity index (χ2v) is 6.93. The first-order valence-corrected chi connectivity index (χ1v) is 8.84. The molecular formula is C17H30F3N. The molecule has 0 radical (unpaired) electrons. The molecule has 0 heterocycles. The fraction of sp³-hybridized carbons (Fsp3) is 1.00. The highest BCUT2D eigenvalue weighted by Crippen LogP contribution is 2.45. The second-order valence-electron chi connectivity index (χ2n) is 6.93. The molecule has 2 saturated carbocycles. The molecule has 2 aliphatic carbocycles. The van der Waals surface area contributed by atoms with Crippen LogP contribution in [0.25, 0.3) is 0 Å². The predicted octanol–water partition coefficient (Wildman–Crippen LogP) is 5.30. The van der Waals surface area contributed by atoms with Gasteiger partial charge in [-0.25, -0.2) is 0 Å². The molecule has 2 aliphatic rings. The Morgan fingerprint density at radius 2 is 1.48 bits per heavy atom. The van der Waals surface area contributed by atoms with Crippen molar-refractivity contribution in [1.82, 2.24) is 5.32 Å². The van der Waals surface area contributed by atoms with Gasteiger partial charge < -0.3 is 5.32 Å². The van der Waals surface area contributed by atoms with Crippen molar-refractivity contribution < 1.29 is 13.2 Å². The van der Waals surface area contributed by atoms with Gasteiger partial charge >= 0.3 is 6.18 Å². The van der Waals surface area contributed by atoms with Gasteiger partial charge in [0, 0.05) is 6.04 Å².